The molecule has 0 saturated carbocycles. The van der Waals surface area contributed by atoms with Gasteiger partial charge in [0.2, 0.25) is 15.9 Å². The molecule has 3 aromatic rings. The van der Waals surface area contributed by atoms with Crippen LogP contribution in [-0.2, 0) is 27.9 Å². The maximum Gasteiger partial charge on any atom is 0.251 e. The highest BCUT2D eigenvalue weighted by atomic mass is 32.2. The van der Waals surface area contributed by atoms with Crippen LogP contribution in [0.2, 0.25) is 0 Å². The topological polar surface area (TPSA) is 118 Å². The Labute approximate surface area is 199 Å². The molecule has 1 aromatic heterocycles. The first-order valence-corrected chi connectivity index (χ1v) is 12.4. The Bertz CT molecular complexity index is 1250. The molecule has 0 aliphatic rings. The van der Waals surface area contributed by atoms with Gasteiger partial charge in [-0.25, -0.2) is 13.1 Å². The van der Waals surface area contributed by atoms with Crippen LogP contribution < -0.4 is 15.4 Å². The predicted molar refractivity (Wildman–Crippen MR) is 130 cm³/mol. The van der Waals surface area contributed by atoms with Gasteiger partial charge in [-0.05, 0) is 60.4 Å². The normalized spacial score (nSPS) is 11.4. The molecule has 8 nitrogen and oxygen atoms in total. The van der Waals surface area contributed by atoms with Crippen molar-refractivity contribution >= 4 is 27.5 Å². The smallest absolute Gasteiger partial charge is 0.251 e. The predicted octanol–water partition coefficient (Wildman–Crippen LogP) is 3.98. The van der Waals surface area contributed by atoms with Crippen molar-refractivity contribution < 1.29 is 22.4 Å². The second kappa shape index (κ2) is 11.1. The van der Waals surface area contributed by atoms with Crippen molar-refractivity contribution in [2.75, 3.05) is 5.32 Å². The van der Waals surface area contributed by atoms with Gasteiger partial charge < -0.3 is 15.1 Å². The van der Waals surface area contributed by atoms with Crippen LogP contribution in [0.25, 0.3) is 0 Å². The minimum atomic E-state index is -3.83. The van der Waals surface area contributed by atoms with Crippen molar-refractivity contribution in [3.63, 3.8) is 0 Å². The van der Waals surface area contributed by atoms with Crippen LogP contribution in [0.1, 0.15) is 47.5 Å². The molecule has 0 saturated heterocycles. The highest BCUT2D eigenvalue weighted by Gasteiger charge is 2.18. The summed E-state index contributed by atoms with van der Waals surface area (Å²) in [4.78, 5) is 24.8. The molecule has 2 aromatic carbocycles. The summed E-state index contributed by atoms with van der Waals surface area (Å²) in [6, 6.07) is 15.0. The Morgan fingerprint density at radius 1 is 1.00 bits per heavy atom. The third-order valence-corrected chi connectivity index (χ3v) is 6.44. The summed E-state index contributed by atoms with van der Waals surface area (Å²) < 4.78 is 33.0. The number of amides is 2. The largest absolute Gasteiger partial charge is 0.468 e. The van der Waals surface area contributed by atoms with E-state index in [0.717, 1.165) is 5.56 Å². The molecule has 0 spiro atoms. The summed E-state index contributed by atoms with van der Waals surface area (Å²) in [5.41, 5.74) is 2.38. The van der Waals surface area contributed by atoms with Crippen LogP contribution in [0.5, 0.6) is 0 Å². The summed E-state index contributed by atoms with van der Waals surface area (Å²) in [5, 5.41) is 5.68. The number of carbonyl (C=O) groups is 2. The van der Waals surface area contributed by atoms with Crippen LogP contribution in [0.4, 0.5) is 5.69 Å². The molecule has 180 valence electrons. The number of rotatable bonds is 10. The van der Waals surface area contributed by atoms with E-state index in [-0.39, 0.29) is 35.4 Å². The SMILES string of the molecule is Cc1ccc(S(=O)(=O)NCc2ccco2)cc1C(=O)NCc1cccc(NC(=O)CC(C)C)c1. The second-order valence-corrected chi connectivity index (χ2v) is 10.2. The third-order valence-electron chi connectivity index (χ3n) is 5.04. The van der Waals surface area contributed by atoms with Crippen molar-refractivity contribution in [3.8, 4) is 0 Å². The second-order valence-electron chi connectivity index (χ2n) is 8.41. The van der Waals surface area contributed by atoms with E-state index >= 15 is 0 Å². The standard InChI is InChI=1S/C25H29N3O5S/c1-17(2)12-24(29)28-20-7-4-6-19(13-20)15-26-25(30)23-14-22(10-9-18(23)3)34(31,32)27-16-21-8-5-11-33-21/h4-11,13-14,17,27H,12,15-16H2,1-3H3,(H,26,30)(H,28,29). The van der Waals surface area contributed by atoms with Crippen LogP contribution in [0.15, 0.2) is 70.2 Å². The van der Waals surface area contributed by atoms with Gasteiger partial charge in [-0.3, -0.25) is 9.59 Å². The summed E-state index contributed by atoms with van der Waals surface area (Å²) in [6.45, 7) is 5.92. The summed E-state index contributed by atoms with van der Waals surface area (Å²) in [5.74, 6) is 0.280. The molecule has 2 amide bonds. The monoisotopic (exact) mass is 483 g/mol. The number of aryl methyl sites for hydroxylation is 1. The van der Waals surface area contributed by atoms with Crippen molar-refractivity contribution in [1.82, 2.24) is 10.0 Å². The van der Waals surface area contributed by atoms with Gasteiger partial charge >= 0.3 is 0 Å². The zero-order chi connectivity index (χ0) is 24.7. The average molecular weight is 484 g/mol. The molecule has 0 aliphatic heterocycles. The Morgan fingerprint density at radius 2 is 1.79 bits per heavy atom. The maximum atomic E-state index is 12.8. The van der Waals surface area contributed by atoms with Gasteiger partial charge in [0.1, 0.15) is 5.76 Å². The van der Waals surface area contributed by atoms with E-state index < -0.39 is 15.9 Å². The van der Waals surface area contributed by atoms with Crippen LogP contribution in [0, 0.1) is 12.8 Å². The number of hydrogen-bond acceptors (Lipinski definition) is 5. The maximum absolute atomic E-state index is 12.8. The van der Waals surface area contributed by atoms with Crippen molar-refractivity contribution in [1.29, 1.82) is 0 Å². The van der Waals surface area contributed by atoms with E-state index in [1.165, 1.54) is 18.4 Å². The van der Waals surface area contributed by atoms with E-state index in [1.807, 2.05) is 19.9 Å². The van der Waals surface area contributed by atoms with Crippen LogP contribution in [0.3, 0.4) is 0 Å². The van der Waals surface area contributed by atoms with Gasteiger partial charge in [0.05, 0.1) is 17.7 Å². The van der Waals surface area contributed by atoms with E-state index in [0.29, 0.717) is 23.4 Å². The molecule has 3 rings (SSSR count). The molecule has 0 fully saturated rings. The van der Waals surface area contributed by atoms with Gasteiger partial charge in [-0.2, -0.15) is 0 Å². The third kappa shape index (κ3) is 7.03. The average Bonchev–Trinajstić information content (AvgIpc) is 3.30. The number of furan rings is 1. The summed E-state index contributed by atoms with van der Waals surface area (Å²) in [7, 11) is -3.83. The minimum absolute atomic E-state index is 0.00872. The Balaban J connectivity index is 1.66. The first-order chi connectivity index (χ1) is 16.1. The van der Waals surface area contributed by atoms with Crippen molar-refractivity contribution in [2.45, 2.75) is 45.2 Å². The van der Waals surface area contributed by atoms with Gasteiger partial charge in [0.25, 0.3) is 5.91 Å². The lowest BCUT2D eigenvalue weighted by atomic mass is 10.1. The molecule has 0 aliphatic carbocycles. The van der Waals surface area contributed by atoms with Crippen molar-refractivity contribution in [3.05, 3.63) is 83.3 Å². The van der Waals surface area contributed by atoms with E-state index in [1.54, 1.807) is 43.3 Å². The quantitative estimate of drug-likeness (QED) is 0.403. The van der Waals surface area contributed by atoms with E-state index in [4.69, 9.17) is 4.42 Å². The lowest BCUT2D eigenvalue weighted by Gasteiger charge is -2.12. The van der Waals surface area contributed by atoms with E-state index in [9.17, 15) is 18.0 Å². The zero-order valence-electron chi connectivity index (χ0n) is 19.4. The highest BCUT2D eigenvalue weighted by Crippen LogP contribution is 2.17. The molecule has 34 heavy (non-hydrogen) atoms. The van der Waals surface area contributed by atoms with Crippen LogP contribution in [-0.4, -0.2) is 20.2 Å². The Kier molecular flexibility index (Phi) is 8.25. The van der Waals surface area contributed by atoms with Gasteiger partial charge in [0, 0.05) is 24.2 Å². The number of nitrogens with one attached hydrogen (secondary N) is 3. The fourth-order valence-electron chi connectivity index (χ4n) is 3.29. The molecular weight excluding hydrogens is 454 g/mol. The highest BCUT2D eigenvalue weighted by molar-refractivity contribution is 7.89. The van der Waals surface area contributed by atoms with Gasteiger partial charge in [-0.15, -0.1) is 0 Å². The molecule has 0 atom stereocenters. The fourth-order valence-corrected chi connectivity index (χ4v) is 4.31. The molecule has 3 N–H and O–H groups in total. The summed E-state index contributed by atoms with van der Waals surface area (Å²) >= 11 is 0. The fraction of sp³-hybridized carbons (Fsp3) is 0.280. The number of sulfonamides is 1. The van der Waals surface area contributed by atoms with Crippen molar-refractivity contribution in [2.24, 2.45) is 5.92 Å². The number of carbonyl (C=O) groups excluding carboxylic acids is 2. The minimum Gasteiger partial charge on any atom is -0.468 e. The Morgan fingerprint density at radius 3 is 2.50 bits per heavy atom. The number of hydrogen-bond donors (Lipinski definition) is 3. The zero-order valence-corrected chi connectivity index (χ0v) is 20.2. The molecule has 0 bridgehead atoms. The van der Waals surface area contributed by atoms with Crippen LogP contribution >= 0.6 is 0 Å². The molecule has 1 heterocycles. The first-order valence-electron chi connectivity index (χ1n) is 10.9. The molecule has 0 unspecified atom stereocenters. The van der Waals surface area contributed by atoms with E-state index in [2.05, 4.69) is 15.4 Å². The molecule has 9 heteroatoms. The lowest BCUT2D eigenvalue weighted by Crippen LogP contribution is -2.26. The Hall–Kier alpha value is -3.43. The summed E-state index contributed by atoms with van der Waals surface area (Å²) in [6.07, 6.45) is 1.89. The number of anilines is 1. The number of benzene rings is 2. The molecule has 0 radical (unpaired) electrons. The van der Waals surface area contributed by atoms with Gasteiger partial charge in [-0.1, -0.05) is 32.0 Å². The van der Waals surface area contributed by atoms with Gasteiger partial charge in [0.15, 0.2) is 0 Å². The lowest BCUT2D eigenvalue weighted by molar-refractivity contribution is -0.116. The molecular formula is C25H29N3O5S. The first kappa shape index (κ1) is 25.2.